The average Bonchev–Trinajstić information content (AvgIpc) is 2.47. The minimum absolute atomic E-state index is 0.0220. The Kier molecular flexibility index (Phi) is 2.95. The van der Waals surface area contributed by atoms with Gasteiger partial charge >= 0.3 is 5.97 Å². The number of rotatable bonds is 2. The predicted molar refractivity (Wildman–Crippen MR) is 76.5 cm³/mol. The van der Waals surface area contributed by atoms with Gasteiger partial charge in [-0.3, -0.25) is 4.79 Å². The molecule has 2 aromatic carbocycles. The summed E-state index contributed by atoms with van der Waals surface area (Å²) in [5, 5.41) is 18.8. The van der Waals surface area contributed by atoms with Gasteiger partial charge in [-0.05, 0) is 36.4 Å². The van der Waals surface area contributed by atoms with Gasteiger partial charge in [0.05, 0.1) is 5.39 Å². The average molecular weight is 282 g/mol. The third-order valence-electron chi connectivity index (χ3n) is 3.14. The van der Waals surface area contributed by atoms with E-state index in [0.717, 1.165) is 0 Å². The van der Waals surface area contributed by atoms with Crippen LogP contribution in [0.2, 0.25) is 0 Å². The maximum Gasteiger partial charge on any atom is 0.343 e. The molecule has 0 amide bonds. The van der Waals surface area contributed by atoms with Gasteiger partial charge in [-0.25, -0.2) is 4.79 Å². The summed E-state index contributed by atoms with van der Waals surface area (Å²) in [7, 11) is 0. The van der Waals surface area contributed by atoms with Crippen molar-refractivity contribution in [1.82, 2.24) is 0 Å². The summed E-state index contributed by atoms with van der Waals surface area (Å²) in [6.45, 7) is 0. The molecule has 1 heterocycles. The lowest BCUT2D eigenvalue weighted by Gasteiger charge is -2.07. The number of hydrogen-bond acceptors (Lipinski definition) is 4. The van der Waals surface area contributed by atoms with Crippen molar-refractivity contribution in [2.75, 3.05) is 0 Å². The van der Waals surface area contributed by atoms with Crippen molar-refractivity contribution in [3.05, 3.63) is 64.3 Å². The number of carboxylic acid groups (broad SMARTS) is 1. The molecule has 0 spiro atoms. The highest BCUT2D eigenvalue weighted by atomic mass is 16.4. The zero-order valence-corrected chi connectivity index (χ0v) is 10.7. The van der Waals surface area contributed by atoms with Crippen LogP contribution >= 0.6 is 0 Å². The number of hydrogen-bond donors (Lipinski definition) is 2. The van der Waals surface area contributed by atoms with Crippen molar-refractivity contribution in [2.45, 2.75) is 0 Å². The fourth-order valence-electron chi connectivity index (χ4n) is 2.15. The Balaban J connectivity index is 2.40. The molecular formula is C16H10O5. The molecule has 0 saturated heterocycles. The van der Waals surface area contributed by atoms with Gasteiger partial charge in [0.2, 0.25) is 5.43 Å². The van der Waals surface area contributed by atoms with Crippen molar-refractivity contribution in [3.8, 4) is 17.1 Å². The fraction of sp³-hybridized carbons (Fsp3) is 0. The first kappa shape index (κ1) is 12.9. The lowest BCUT2D eigenvalue weighted by atomic mass is 10.0. The number of benzene rings is 2. The molecular weight excluding hydrogens is 272 g/mol. The van der Waals surface area contributed by atoms with Gasteiger partial charge in [-0.15, -0.1) is 0 Å². The molecule has 0 unspecified atom stereocenters. The maximum absolute atomic E-state index is 12.3. The normalized spacial score (nSPS) is 10.7. The molecule has 0 radical (unpaired) electrons. The number of phenolic OH excluding ortho intramolecular Hbond substituents is 1. The van der Waals surface area contributed by atoms with Gasteiger partial charge in [0.15, 0.2) is 11.3 Å². The summed E-state index contributed by atoms with van der Waals surface area (Å²) in [5.41, 5.74) is -0.282. The number of fused-ring (bicyclic) bond motifs is 1. The van der Waals surface area contributed by atoms with Gasteiger partial charge in [-0.1, -0.05) is 12.1 Å². The predicted octanol–water partition coefficient (Wildman–Crippen LogP) is 2.86. The monoisotopic (exact) mass is 282 g/mol. The zero-order chi connectivity index (χ0) is 15.0. The van der Waals surface area contributed by atoms with Crippen molar-refractivity contribution in [1.29, 1.82) is 0 Å². The summed E-state index contributed by atoms with van der Waals surface area (Å²) in [5.74, 6) is -1.33. The van der Waals surface area contributed by atoms with E-state index in [1.54, 1.807) is 18.2 Å². The second-order valence-electron chi connectivity index (χ2n) is 4.48. The first-order valence-electron chi connectivity index (χ1n) is 6.16. The second-order valence-corrected chi connectivity index (χ2v) is 4.48. The molecule has 3 aromatic rings. The lowest BCUT2D eigenvalue weighted by molar-refractivity contribution is 0.0694. The first-order valence-corrected chi connectivity index (χ1v) is 6.16. The van der Waals surface area contributed by atoms with Crippen LogP contribution in [0.3, 0.4) is 0 Å². The Hall–Kier alpha value is -3.08. The van der Waals surface area contributed by atoms with Gasteiger partial charge in [0.1, 0.15) is 11.3 Å². The van der Waals surface area contributed by atoms with Gasteiger partial charge in [0.25, 0.3) is 0 Å². The molecule has 0 fully saturated rings. The SMILES string of the molecule is O=C(O)c1c(-c2ccc(O)cc2)oc2ccccc2c1=O. The Bertz CT molecular complexity index is 891. The van der Waals surface area contributed by atoms with Crippen LogP contribution in [0.4, 0.5) is 0 Å². The van der Waals surface area contributed by atoms with E-state index in [4.69, 9.17) is 4.42 Å². The molecule has 0 aliphatic rings. The molecule has 0 bridgehead atoms. The summed E-state index contributed by atoms with van der Waals surface area (Å²) >= 11 is 0. The van der Waals surface area contributed by atoms with Crippen LogP contribution < -0.4 is 5.43 Å². The number of aromatic carboxylic acids is 1. The van der Waals surface area contributed by atoms with Gasteiger partial charge < -0.3 is 14.6 Å². The van der Waals surface area contributed by atoms with E-state index in [-0.39, 0.29) is 16.9 Å². The van der Waals surface area contributed by atoms with E-state index >= 15 is 0 Å². The lowest BCUT2D eigenvalue weighted by Crippen LogP contribution is -2.16. The summed E-state index contributed by atoms with van der Waals surface area (Å²) in [6, 6.07) is 12.3. The Morgan fingerprint density at radius 1 is 1.00 bits per heavy atom. The molecule has 104 valence electrons. The van der Waals surface area contributed by atoms with Crippen LogP contribution in [0.25, 0.3) is 22.3 Å². The van der Waals surface area contributed by atoms with Crippen LogP contribution in [0.5, 0.6) is 5.75 Å². The second kappa shape index (κ2) is 4.79. The fourth-order valence-corrected chi connectivity index (χ4v) is 2.15. The van der Waals surface area contributed by atoms with Gasteiger partial charge in [-0.2, -0.15) is 0 Å². The zero-order valence-electron chi connectivity index (χ0n) is 10.7. The number of carbonyl (C=O) groups is 1. The van der Waals surface area contributed by atoms with Crippen LogP contribution in [-0.2, 0) is 0 Å². The number of para-hydroxylation sites is 1. The number of carboxylic acids is 1. The third kappa shape index (κ3) is 2.14. The van der Waals surface area contributed by atoms with E-state index in [2.05, 4.69) is 0 Å². The van der Waals surface area contributed by atoms with Crippen molar-refractivity contribution >= 4 is 16.9 Å². The molecule has 3 rings (SSSR count). The van der Waals surface area contributed by atoms with E-state index in [0.29, 0.717) is 11.1 Å². The summed E-state index contributed by atoms with van der Waals surface area (Å²) < 4.78 is 5.60. The van der Waals surface area contributed by atoms with Crippen LogP contribution in [0.15, 0.2) is 57.7 Å². The number of aromatic hydroxyl groups is 1. The highest BCUT2D eigenvalue weighted by Gasteiger charge is 2.21. The van der Waals surface area contributed by atoms with Crippen LogP contribution in [-0.4, -0.2) is 16.2 Å². The Morgan fingerprint density at radius 2 is 1.67 bits per heavy atom. The smallest absolute Gasteiger partial charge is 0.343 e. The molecule has 0 aliphatic carbocycles. The minimum Gasteiger partial charge on any atom is -0.508 e. The molecule has 5 nitrogen and oxygen atoms in total. The van der Waals surface area contributed by atoms with E-state index in [1.807, 2.05) is 0 Å². The minimum atomic E-state index is -1.35. The molecule has 0 saturated carbocycles. The topological polar surface area (TPSA) is 87.7 Å². The summed E-state index contributed by atoms with van der Waals surface area (Å²) in [4.78, 5) is 23.8. The third-order valence-corrected chi connectivity index (χ3v) is 3.14. The van der Waals surface area contributed by atoms with E-state index < -0.39 is 17.0 Å². The quantitative estimate of drug-likeness (QED) is 0.754. The number of phenols is 1. The molecule has 0 atom stereocenters. The van der Waals surface area contributed by atoms with E-state index in [1.165, 1.54) is 30.3 Å². The van der Waals surface area contributed by atoms with Crippen LogP contribution in [0.1, 0.15) is 10.4 Å². The Labute approximate surface area is 118 Å². The Morgan fingerprint density at radius 3 is 2.33 bits per heavy atom. The molecule has 1 aromatic heterocycles. The van der Waals surface area contributed by atoms with E-state index in [9.17, 15) is 19.8 Å². The standard InChI is InChI=1S/C16H10O5/c17-10-7-5-9(6-8-10)15-13(16(19)20)14(18)11-3-1-2-4-12(11)21-15/h1-8,17H,(H,19,20). The first-order chi connectivity index (χ1) is 10.1. The highest BCUT2D eigenvalue weighted by Crippen LogP contribution is 2.27. The van der Waals surface area contributed by atoms with Crippen LogP contribution in [0, 0.1) is 0 Å². The molecule has 5 heteroatoms. The van der Waals surface area contributed by atoms with Gasteiger partial charge in [0, 0.05) is 5.56 Å². The molecule has 2 N–H and O–H groups in total. The van der Waals surface area contributed by atoms with Crippen molar-refractivity contribution in [2.24, 2.45) is 0 Å². The highest BCUT2D eigenvalue weighted by molar-refractivity contribution is 5.97. The molecule has 21 heavy (non-hydrogen) atoms. The summed E-state index contributed by atoms with van der Waals surface area (Å²) in [6.07, 6.45) is 0. The molecule has 0 aliphatic heterocycles. The maximum atomic E-state index is 12.3. The van der Waals surface area contributed by atoms with Crippen molar-refractivity contribution in [3.63, 3.8) is 0 Å². The largest absolute Gasteiger partial charge is 0.508 e. The van der Waals surface area contributed by atoms with Crippen molar-refractivity contribution < 1.29 is 19.4 Å².